The lowest BCUT2D eigenvalue weighted by molar-refractivity contribution is 0.219. The van der Waals surface area contributed by atoms with Gasteiger partial charge in [-0.25, -0.2) is 4.79 Å². The van der Waals surface area contributed by atoms with Crippen LogP contribution >= 0.6 is 11.6 Å². The highest BCUT2D eigenvalue weighted by molar-refractivity contribution is 6.30. The number of nitriles is 1. The van der Waals surface area contributed by atoms with E-state index in [-0.39, 0.29) is 6.03 Å². The van der Waals surface area contributed by atoms with E-state index in [0.717, 1.165) is 5.56 Å². The van der Waals surface area contributed by atoms with Gasteiger partial charge in [-0.3, -0.25) is 4.57 Å². The van der Waals surface area contributed by atoms with Crippen molar-refractivity contribution in [3.8, 4) is 6.07 Å². The van der Waals surface area contributed by atoms with Crippen molar-refractivity contribution in [1.82, 2.24) is 9.47 Å². The number of allylic oxidation sites excluding steroid dienone is 1. The molecule has 0 spiro atoms. The molecule has 0 fully saturated rings. The van der Waals surface area contributed by atoms with Gasteiger partial charge < -0.3 is 4.90 Å². The highest BCUT2D eigenvalue weighted by Gasteiger charge is 2.10. The quantitative estimate of drug-likeness (QED) is 0.793. The molecule has 0 N–H and O–H groups in total. The van der Waals surface area contributed by atoms with Gasteiger partial charge in [0.2, 0.25) is 0 Å². The van der Waals surface area contributed by atoms with E-state index in [1.807, 2.05) is 0 Å². The van der Waals surface area contributed by atoms with Crippen LogP contribution in [0.15, 0.2) is 42.6 Å². The average molecular weight is 300 g/mol. The minimum Gasteiger partial charge on any atom is -0.330 e. The number of hydrogen-bond donors (Lipinski definition) is 0. The van der Waals surface area contributed by atoms with Gasteiger partial charge in [-0.2, -0.15) is 5.26 Å². The summed E-state index contributed by atoms with van der Waals surface area (Å²) in [6.45, 7) is 0. The van der Waals surface area contributed by atoms with Gasteiger partial charge in [0.25, 0.3) is 0 Å². The van der Waals surface area contributed by atoms with Crippen LogP contribution in [-0.4, -0.2) is 29.6 Å². The Bertz CT molecular complexity index is 721. The van der Waals surface area contributed by atoms with Crippen molar-refractivity contribution in [1.29, 1.82) is 5.26 Å². The predicted molar refractivity (Wildman–Crippen MR) is 83.8 cm³/mol. The Hall–Kier alpha value is -2.51. The highest BCUT2D eigenvalue weighted by atomic mass is 35.5. The molecule has 1 aromatic heterocycles. The normalized spacial score (nSPS) is 11.0. The van der Waals surface area contributed by atoms with E-state index < -0.39 is 0 Å². The first kappa shape index (κ1) is 14.9. The van der Waals surface area contributed by atoms with Crippen LogP contribution in [-0.2, 0) is 0 Å². The van der Waals surface area contributed by atoms with Crippen molar-refractivity contribution in [3.05, 3.63) is 58.9 Å². The van der Waals surface area contributed by atoms with E-state index in [0.29, 0.717) is 16.3 Å². The first-order chi connectivity index (χ1) is 10.0. The van der Waals surface area contributed by atoms with Crippen LogP contribution in [0.2, 0.25) is 5.02 Å². The Morgan fingerprint density at radius 2 is 1.95 bits per heavy atom. The summed E-state index contributed by atoms with van der Waals surface area (Å²) in [6, 6.07) is 12.5. The molecule has 0 atom stereocenters. The Kier molecular flexibility index (Phi) is 4.46. The first-order valence-electron chi connectivity index (χ1n) is 6.29. The van der Waals surface area contributed by atoms with E-state index in [1.54, 1.807) is 62.8 Å². The number of rotatable bonds is 2. The largest absolute Gasteiger partial charge is 0.330 e. The number of amides is 1. The second kappa shape index (κ2) is 6.29. The van der Waals surface area contributed by atoms with E-state index in [9.17, 15) is 10.1 Å². The molecule has 1 amide bonds. The molecule has 0 aliphatic carbocycles. The molecule has 0 aliphatic heterocycles. The lowest BCUT2D eigenvalue weighted by Gasteiger charge is -2.12. The molecule has 4 nitrogen and oxygen atoms in total. The lowest BCUT2D eigenvalue weighted by atomic mass is 10.1. The summed E-state index contributed by atoms with van der Waals surface area (Å²) in [5, 5.41) is 9.94. The maximum atomic E-state index is 12.0. The number of carbonyl (C=O) groups is 1. The zero-order valence-corrected chi connectivity index (χ0v) is 12.5. The Morgan fingerprint density at radius 1 is 1.29 bits per heavy atom. The summed E-state index contributed by atoms with van der Waals surface area (Å²) >= 11 is 5.85. The Labute approximate surface area is 128 Å². The van der Waals surface area contributed by atoms with Gasteiger partial charge in [0, 0.05) is 25.3 Å². The maximum absolute atomic E-state index is 12.0. The van der Waals surface area contributed by atoms with Crippen molar-refractivity contribution in [2.45, 2.75) is 0 Å². The van der Waals surface area contributed by atoms with Crippen LogP contribution < -0.4 is 0 Å². The van der Waals surface area contributed by atoms with Gasteiger partial charge in [0.15, 0.2) is 0 Å². The molecule has 21 heavy (non-hydrogen) atoms. The molecule has 0 aliphatic rings. The third-order valence-electron chi connectivity index (χ3n) is 2.94. The number of benzene rings is 1. The second-order valence-electron chi connectivity index (χ2n) is 4.66. The van der Waals surface area contributed by atoms with Crippen molar-refractivity contribution >= 4 is 29.3 Å². The van der Waals surface area contributed by atoms with Gasteiger partial charge in [-0.15, -0.1) is 0 Å². The molecule has 1 aromatic carbocycles. The summed E-state index contributed by atoms with van der Waals surface area (Å²) < 4.78 is 1.49. The third-order valence-corrected chi connectivity index (χ3v) is 3.19. The van der Waals surface area contributed by atoms with Crippen molar-refractivity contribution < 1.29 is 4.79 Å². The molecule has 5 heteroatoms. The maximum Gasteiger partial charge on any atom is 0.328 e. The summed E-state index contributed by atoms with van der Waals surface area (Å²) in [6.07, 6.45) is 3.36. The molecule has 0 unspecified atom stereocenters. The minimum absolute atomic E-state index is 0.167. The van der Waals surface area contributed by atoms with Crippen molar-refractivity contribution in [3.63, 3.8) is 0 Å². The van der Waals surface area contributed by atoms with Crippen LogP contribution in [0.25, 0.3) is 11.6 Å². The topological polar surface area (TPSA) is 49.0 Å². The summed E-state index contributed by atoms with van der Waals surface area (Å²) in [5.41, 5.74) is 1.88. The van der Waals surface area contributed by atoms with Crippen molar-refractivity contribution in [2.24, 2.45) is 0 Å². The molecule has 2 aromatic rings. The molecular formula is C16H14ClN3O. The molecule has 106 valence electrons. The zero-order valence-electron chi connectivity index (χ0n) is 11.7. The second-order valence-corrected chi connectivity index (χ2v) is 5.09. The molecular weight excluding hydrogens is 286 g/mol. The summed E-state index contributed by atoms with van der Waals surface area (Å²) in [5.74, 6) is 0. The molecule has 1 heterocycles. The number of halogens is 1. The fourth-order valence-electron chi connectivity index (χ4n) is 1.86. The number of nitrogens with zero attached hydrogens (tertiary/aromatic N) is 3. The van der Waals surface area contributed by atoms with Gasteiger partial charge in [-0.05, 0) is 35.9 Å². The molecule has 2 rings (SSSR count). The van der Waals surface area contributed by atoms with E-state index in [4.69, 9.17) is 11.6 Å². The Balaban J connectivity index is 2.42. The predicted octanol–water partition coefficient (Wildman–Crippen LogP) is 3.74. The molecule has 0 saturated heterocycles. The number of aromatic nitrogens is 1. The molecule has 0 radical (unpaired) electrons. The van der Waals surface area contributed by atoms with E-state index in [2.05, 4.69) is 6.07 Å². The number of carbonyl (C=O) groups excluding carboxylic acids is 1. The van der Waals surface area contributed by atoms with Crippen LogP contribution in [0, 0.1) is 11.3 Å². The van der Waals surface area contributed by atoms with Gasteiger partial charge in [-0.1, -0.05) is 23.7 Å². The van der Waals surface area contributed by atoms with E-state index >= 15 is 0 Å². The van der Waals surface area contributed by atoms with Gasteiger partial charge >= 0.3 is 6.03 Å². The van der Waals surface area contributed by atoms with Gasteiger partial charge in [0.1, 0.15) is 0 Å². The standard InChI is InChI=1S/C16H14ClN3O/c1-19(2)16(21)20-9-3-4-15(20)10-13(11-18)12-5-7-14(17)8-6-12/h3-10H,1-2H3/b13-10+. The fourth-order valence-corrected chi connectivity index (χ4v) is 1.98. The van der Waals surface area contributed by atoms with E-state index in [1.165, 1.54) is 9.47 Å². The van der Waals surface area contributed by atoms with Crippen LogP contribution in [0.3, 0.4) is 0 Å². The smallest absolute Gasteiger partial charge is 0.328 e. The van der Waals surface area contributed by atoms with Crippen LogP contribution in [0.5, 0.6) is 0 Å². The summed E-state index contributed by atoms with van der Waals surface area (Å²) in [7, 11) is 3.36. The monoisotopic (exact) mass is 299 g/mol. The number of hydrogen-bond acceptors (Lipinski definition) is 2. The van der Waals surface area contributed by atoms with Crippen LogP contribution in [0.4, 0.5) is 4.79 Å². The molecule has 0 bridgehead atoms. The minimum atomic E-state index is -0.167. The Morgan fingerprint density at radius 3 is 2.52 bits per heavy atom. The average Bonchev–Trinajstić information content (AvgIpc) is 2.93. The SMILES string of the molecule is CN(C)C(=O)n1cccc1/C=C(\C#N)c1ccc(Cl)cc1. The fraction of sp³-hybridized carbons (Fsp3) is 0.125. The first-order valence-corrected chi connectivity index (χ1v) is 6.67. The summed E-state index contributed by atoms with van der Waals surface area (Å²) in [4.78, 5) is 13.5. The van der Waals surface area contributed by atoms with Gasteiger partial charge in [0.05, 0.1) is 17.3 Å². The van der Waals surface area contributed by atoms with Crippen LogP contribution in [0.1, 0.15) is 11.3 Å². The highest BCUT2D eigenvalue weighted by Crippen LogP contribution is 2.20. The lowest BCUT2D eigenvalue weighted by Crippen LogP contribution is -2.27. The third kappa shape index (κ3) is 3.33. The molecule has 0 saturated carbocycles. The zero-order chi connectivity index (χ0) is 15.4. The van der Waals surface area contributed by atoms with Crippen molar-refractivity contribution in [2.75, 3.05) is 14.1 Å².